The van der Waals surface area contributed by atoms with Gasteiger partial charge in [0.05, 0.1) is 42.2 Å². The van der Waals surface area contributed by atoms with Gasteiger partial charge < -0.3 is 19.1 Å². The molecule has 0 spiro atoms. The van der Waals surface area contributed by atoms with Gasteiger partial charge in [0.15, 0.2) is 0 Å². The molecule has 1 saturated carbocycles. The second kappa shape index (κ2) is 8.69. The molecule has 6 nitrogen and oxygen atoms in total. The standard InChI is InChI=1S/C22H25F3NO5P/c1-13-18(21(27)29-12-15-8-9-15)19(16-6-3-4-7-17(16)22(23,24)25)20(14(2)26-13)32(28)30-10-5-11-31-32/h3-4,6-7,15,19,26H,5,8-12H2,1-2H3. The number of dihydropyridines is 1. The van der Waals surface area contributed by atoms with Gasteiger partial charge in [0.25, 0.3) is 0 Å². The highest BCUT2D eigenvalue weighted by atomic mass is 31.2. The molecular formula is C22H25F3NO5P. The Morgan fingerprint density at radius 1 is 1.16 bits per heavy atom. The van der Waals surface area contributed by atoms with Crippen LogP contribution < -0.4 is 5.32 Å². The van der Waals surface area contributed by atoms with Crippen molar-refractivity contribution in [1.82, 2.24) is 5.32 Å². The Balaban J connectivity index is 1.87. The monoisotopic (exact) mass is 471 g/mol. The number of nitrogens with one attached hydrogen (secondary N) is 1. The molecule has 0 amide bonds. The molecule has 3 aliphatic rings. The van der Waals surface area contributed by atoms with E-state index >= 15 is 0 Å². The molecule has 174 valence electrons. The van der Waals surface area contributed by atoms with Gasteiger partial charge >= 0.3 is 19.7 Å². The molecule has 10 heteroatoms. The number of rotatable bonds is 5. The SMILES string of the molecule is CC1=C(C(=O)OCC2CC2)C(c2ccccc2C(F)(F)F)C(P2(=O)OCCCO2)=C(C)N1. The molecule has 1 aromatic carbocycles. The molecule has 1 atom stereocenters. The topological polar surface area (TPSA) is 73.9 Å². The molecule has 1 saturated heterocycles. The maximum atomic E-state index is 14.0. The Kier molecular flexibility index (Phi) is 6.27. The highest BCUT2D eigenvalue weighted by molar-refractivity contribution is 7.58. The van der Waals surface area contributed by atoms with Crippen LogP contribution in [0.1, 0.15) is 50.2 Å². The molecule has 1 aromatic rings. The first-order chi connectivity index (χ1) is 15.1. The number of carbonyl (C=O) groups excluding carboxylic acids is 1. The third-order valence-corrected chi connectivity index (χ3v) is 8.00. The van der Waals surface area contributed by atoms with Crippen LogP contribution >= 0.6 is 7.60 Å². The van der Waals surface area contributed by atoms with E-state index < -0.39 is 31.2 Å². The van der Waals surface area contributed by atoms with Crippen molar-refractivity contribution in [2.24, 2.45) is 5.92 Å². The fourth-order valence-corrected chi connectivity index (χ4v) is 6.23. The summed E-state index contributed by atoms with van der Waals surface area (Å²) >= 11 is 0. The Bertz CT molecular complexity index is 1020. The molecule has 0 bridgehead atoms. The number of halogens is 3. The summed E-state index contributed by atoms with van der Waals surface area (Å²) in [5.41, 5.74) is -0.440. The predicted octanol–water partition coefficient (Wildman–Crippen LogP) is 5.48. The smallest absolute Gasteiger partial charge is 0.416 e. The normalized spacial score (nSPS) is 23.7. The van der Waals surface area contributed by atoms with Crippen LogP contribution in [0.25, 0.3) is 0 Å². The number of allylic oxidation sites excluding steroid dienone is 3. The van der Waals surface area contributed by atoms with Crippen LogP contribution in [0.4, 0.5) is 13.2 Å². The van der Waals surface area contributed by atoms with Crippen LogP contribution in [0.5, 0.6) is 0 Å². The first kappa shape index (κ1) is 23.1. The molecule has 2 aliphatic heterocycles. The number of carbonyl (C=O) groups is 1. The maximum absolute atomic E-state index is 14.0. The van der Waals surface area contributed by atoms with Crippen LogP contribution in [0.3, 0.4) is 0 Å². The van der Waals surface area contributed by atoms with E-state index in [0.717, 1.165) is 18.9 Å². The largest absolute Gasteiger partial charge is 0.462 e. The highest BCUT2D eigenvalue weighted by Gasteiger charge is 2.48. The molecule has 2 fully saturated rings. The van der Waals surface area contributed by atoms with E-state index in [2.05, 4.69) is 5.32 Å². The molecule has 0 aromatic heterocycles. The number of benzene rings is 1. The van der Waals surface area contributed by atoms with Crippen molar-refractivity contribution >= 4 is 13.6 Å². The van der Waals surface area contributed by atoms with Crippen molar-refractivity contribution in [2.75, 3.05) is 19.8 Å². The Morgan fingerprint density at radius 3 is 2.44 bits per heavy atom. The zero-order chi connectivity index (χ0) is 23.1. The van der Waals surface area contributed by atoms with Gasteiger partial charge in [-0.25, -0.2) is 4.79 Å². The third kappa shape index (κ3) is 4.51. The van der Waals surface area contributed by atoms with Crippen LogP contribution in [0.2, 0.25) is 0 Å². The van der Waals surface area contributed by atoms with E-state index in [1.807, 2.05) is 0 Å². The zero-order valence-corrected chi connectivity index (χ0v) is 18.7. The van der Waals surface area contributed by atoms with Gasteiger partial charge in [-0.1, -0.05) is 18.2 Å². The number of hydrogen-bond donors (Lipinski definition) is 1. The summed E-state index contributed by atoms with van der Waals surface area (Å²) in [6, 6.07) is 4.98. The first-order valence-electron chi connectivity index (χ1n) is 10.5. The van der Waals surface area contributed by atoms with Gasteiger partial charge in [0.1, 0.15) is 0 Å². The lowest BCUT2D eigenvalue weighted by Crippen LogP contribution is -2.31. The molecule has 1 unspecified atom stereocenters. The van der Waals surface area contributed by atoms with Gasteiger partial charge in [-0.2, -0.15) is 13.2 Å². The molecule has 4 rings (SSSR count). The van der Waals surface area contributed by atoms with E-state index in [9.17, 15) is 22.5 Å². The van der Waals surface area contributed by atoms with Crippen molar-refractivity contribution < 1.29 is 36.3 Å². The average molecular weight is 471 g/mol. The average Bonchev–Trinajstić information content (AvgIpc) is 3.56. The van der Waals surface area contributed by atoms with E-state index in [1.165, 1.54) is 18.2 Å². The molecule has 1 N–H and O–H groups in total. The molecule has 2 heterocycles. The van der Waals surface area contributed by atoms with Crippen molar-refractivity contribution in [1.29, 1.82) is 0 Å². The van der Waals surface area contributed by atoms with Crippen molar-refractivity contribution in [3.63, 3.8) is 0 Å². The number of alkyl halides is 3. The number of ether oxygens (including phenoxy) is 1. The van der Waals surface area contributed by atoms with Gasteiger partial charge in [-0.3, -0.25) is 4.57 Å². The Hall–Kier alpha value is -2.09. The minimum atomic E-state index is -4.68. The minimum absolute atomic E-state index is 0.0119. The van der Waals surface area contributed by atoms with Crippen molar-refractivity contribution in [3.05, 3.63) is 57.7 Å². The fourth-order valence-electron chi connectivity index (χ4n) is 4.09. The van der Waals surface area contributed by atoms with E-state index in [4.69, 9.17) is 13.8 Å². The third-order valence-electron chi connectivity index (χ3n) is 5.78. The van der Waals surface area contributed by atoms with Gasteiger partial charge in [0, 0.05) is 11.4 Å². The summed E-state index contributed by atoms with van der Waals surface area (Å²) in [4.78, 5) is 13.1. The van der Waals surface area contributed by atoms with E-state index in [-0.39, 0.29) is 42.2 Å². The maximum Gasteiger partial charge on any atom is 0.416 e. The van der Waals surface area contributed by atoms with Gasteiger partial charge in [-0.05, 0) is 50.7 Å². The summed E-state index contributed by atoms with van der Waals surface area (Å²) < 4.78 is 72.0. The van der Waals surface area contributed by atoms with Crippen LogP contribution in [-0.2, 0) is 29.3 Å². The summed E-state index contributed by atoms with van der Waals surface area (Å²) in [6.07, 6.45) is -2.27. The lowest BCUT2D eigenvalue weighted by molar-refractivity contribution is -0.141. The summed E-state index contributed by atoms with van der Waals surface area (Å²) in [5.74, 6) is -1.75. The first-order valence-corrected chi connectivity index (χ1v) is 12.1. The second-order valence-electron chi connectivity index (χ2n) is 8.25. The summed E-state index contributed by atoms with van der Waals surface area (Å²) in [6.45, 7) is 3.68. The van der Waals surface area contributed by atoms with E-state index in [1.54, 1.807) is 13.8 Å². The Morgan fingerprint density at radius 2 is 1.81 bits per heavy atom. The van der Waals surface area contributed by atoms with Crippen molar-refractivity contribution in [3.8, 4) is 0 Å². The molecular weight excluding hydrogens is 446 g/mol. The summed E-state index contributed by atoms with van der Waals surface area (Å²) in [5, 5.41) is 3.00. The van der Waals surface area contributed by atoms with Crippen LogP contribution in [0, 0.1) is 5.92 Å². The number of hydrogen-bond acceptors (Lipinski definition) is 6. The second-order valence-corrected chi connectivity index (χ2v) is 10.2. The lowest BCUT2D eigenvalue weighted by Gasteiger charge is -2.36. The van der Waals surface area contributed by atoms with Crippen LogP contribution in [-0.4, -0.2) is 25.8 Å². The zero-order valence-electron chi connectivity index (χ0n) is 17.8. The lowest BCUT2D eigenvalue weighted by atomic mass is 9.84. The highest BCUT2D eigenvalue weighted by Crippen LogP contribution is 2.65. The predicted molar refractivity (Wildman–Crippen MR) is 111 cm³/mol. The van der Waals surface area contributed by atoms with Gasteiger partial charge in [-0.15, -0.1) is 0 Å². The minimum Gasteiger partial charge on any atom is -0.462 e. The number of esters is 1. The Labute approximate surface area is 184 Å². The quantitative estimate of drug-likeness (QED) is 0.453. The van der Waals surface area contributed by atoms with Crippen LogP contribution in [0.15, 0.2) is 46.5 Å². The van der Waals surface area contributed by atoms with Crippen molar-refractivity contribution in [2.45, 2.75) is 45.2 Å². The van der Waals surface area contributed by atoms with E-state index in [0.29, 0.717) is 17.8 Å². The molecule has 32 heavy (non-hydrogen) atoms. The fraction of sp³-hybridized carbons (Fsp3) is 0.500. The summed E-state index contributed by atoms with van der Waals surface area (Å²) in [7, 11) is -3.96. The molecule has 1 aliphatic carbocycles. The molecule has 0 radical (unpaired) electrons. The van der Waals surface area contributed by atoms with Gasteiger partial charge in [0.2, 0.25) is 0 Å².